The van der Waals surface area contributed by atoms with E-state index in [0.29, 0.717) is 21.6 Å². The summed E-state index contributed by atoms with van der Waals surface area (Å²) in [5.74, 6) is -1.56. The number of hydrogen-bond donors (Lipinski definition) is 2. The first kappa shape index (κ1) is 19.5. The maximum absolute atomic E-state index is 12.7. The van der Waals surface area contributed by atoms with Gasteiger partial charge in [0.05, 0.1) is 0 Å². The second-order valence-electron chi connectivity index (χ2n) is 8.77. The summed E-state index contributed by atoms with van der Waals surface area (Å²) in [6.07, 6.45) is 0. The lowest BCUT2D eigenvalue weighted by Crippen LogP contribution is -2.54. The van der Waals surface area contributed by atoms with Crippen LogP contribution in [0.2, 0.25) is 58.9 Å². The number of nitrogens with two attached hydrogens (primary N) is 1. The third kappa shape index (κ3) is 14.3. The molecular formula is C15H36N2O4S2Si3. The first-order chi connectivity index (χ1) is 13.0. The number of carbonyl (C=O) groups is 2. The van der Waals surface area contributed by atoms with Crippen LogP contribution in [-0.4, -0.2) is 60.3 Å². The number of carbonyl (C=O) groups excluding carboxylic acids is 2. The van der Waals surface area contributed by atoms with Gasteiger partial charge in [0, 0.05) is 16.9 Å². The van der Waals surface area contributed by atoms with Crippen molar-refractivity contribution in [3.8, 4) is 0 Å². The molecule has 6 nitrogen and oxygen atoms in total. The molecule has 0 fully saturated rings. The molecule has 0 rings (SSSR count). The molecule has 0 aliphatic rings. The molecule has 2 unspecified atom stereocenters. The van der Waals surface area contributed by atoms with E-state index in [9.17, 15) is 9.59 Å². The predicted molar refractivity (Wildman–Crippen MR) is 122 cm³/mol. The van der Waals surface area contributed by atoms with Crippen LogP contribution in [0.4, 0.5) is 0 Å². The molecule has 154 valence electrons. The summed E-state index contributed by atoms with van der Waals surface area (Å²) in [6.45, 7) is 16.6. The zero-order chi connectivity index (χ0) is 24.3. The molecule has 0 aliphatic heterocycles. The Morgan fingerprint density at radius 2 is 1.35 bits per heavy atom. The second kappa shape index (κ2) is 10.7. The smallest absolute Gasteiger partial charge is 0.310 e. The molecule has 0 aromatic rings. The lowest BCUT2D eigenvalue weighted by molar-refractivity contribution is -0.137. The normalized spacial score (nSPS) is 18.7. The van der Waals surface area contributed by atoms with Crippen LogP contribution in [0.15, 0.2) is 0 Å². The van der Waals surface area contributed by atoms with E-state index in [4.69, 9.17) is 20.1 Å². The Bertz CT molecular complexity index is 626. The summed E-state index contributed by atoms with van der Waals surface area (Å²) in [5.41, 5.74) is 1.26. The van der Waals surface area contributed by atoms with Crippen molar-refractivity contribution in [1.82, 2.24) is 4.98 Å². The van der Waals surface area contributed by atoms with Crippen LogP contribution >= 0.6 is 21.6 Å². The van der Waals surface area contributed by atoms with Crippen molar-refractivity contribution in [3.05, 3.63) is 0 Å². The van der Waals surface area contributed by atoms with Crippen molar-refractivity contribution in [2.75, 3.05) is 11.4 Å². The molecule has 0 bridgehead atoms. The van der Waals surface area contributed by atoms with E-state index in [1.807, 2.05) is 39.3 Å². The fourth-order valence-corrected chi connectivity index (χ4v) is 5.54. The topological polar surface area (TPSA) is 90.6 Å². The molecule has 2 atom stereocenters. The zero-order valence-corrected chi connectivity index (χ0v) is 21.8. The minimum atomic E-state index is -2.30. The van der Waals surface area contributed by atoms with Crippen molar-refractivity contribution in [2.45, 2.75) is 71.0 Å². The van der Waals surface area contributed by atoms with Gasteiger partial charge < -0.3 is 19.6 Å². The Labute approximate surface area is 175 Å². The predicted octanol–water partition coefficient (Wildman–Crippen LogP) is 3.24. The van der Waals surface area contributed by atoms with Gasteiger partial charge in [-0.1, -0.05) is 41.2 Å². The monoisotopic (exact) mass is 460 g/mol. The first-order valence-corrected chi connectivity index (χ1v) is 20.8. The van der Waals surface area contributed by atoms with Gasteiger partial charge in [0.2, 0.25) is 16.6 Å². The van der Waals surface area contributed by atoms with Gasteiger partial charge in [0.1, 0.15) is 20.3 Å². The highest BCUT2D eigenvalue weighted by molar-refractivity contribution is 8.76. The molecule has 0 aromatic carbocycles. The van der Waals surface area contributed by atoms with Crippen molar-refractivity contribution in [1.29, 1.82) is 0 Å². The van der Waals surface area contributed by atoms with Gasteiger partial charge in [-0.2, -0.15) is 0 Å². The van der Waals surface area contributed by atoms with Gasteiger partial charge in [0.25, 0.3) is 0 Å². The molecule has 11 heteroatoms. The van der Waals surface area contributed by atoms with E-state index < -0.39 is 60.3 Å². The lowest BCUT2D eigenvalue weighted by Gasteiger charge is -2.28. The standard InChI is InChI=1S/C15H36N2O4S2Si3/c1-24(2,3)17-13(15(19)21-26(7,8)9)11-23-22-10-12(16)14(18)20-25(4,5)6/h12-13,17H,10-11,16H2,1-9H3/i10D2,11D2. The van der Waals surface area contributed by atoms with E-state index >= 15 is 0 Å². The second-order valence-corrected chi connectivity index (χ2v) is 24.2. The van der Waals surface area contributed by atoms with Crippen LogP contribution < -0.4 is 10.7 Å². The molecular weight excluding hydrogens is 421 g/mol. The van der Waals surface area contributed by atoms with Crippen molar-refractivity contribution in [2.24, 2.45) is 5.73 Å². The third-order valence-electron chi connectivity index (χ3n) is 2.26. The highest BCUT2D eigenvalue weighted by Crippen LogP contribution is 2.24. The van der Waals surface area contributed by atoms with Crippen LogP contribution in [0.3, 0.4) is 0 Å². The minimum Gasteiger partial charge on any atom is -0.519 e. The van der Waals surface area contributed by atoms with Crippen LogP contribution in [0, 0.1) is 0 Å². The largest absolute Gasteiger partial charge is 0.519 e. The Morgan fingerprint density at radius 3 is 1.77 bits per heavy atom. The molecule has 3 N–H and O–H groups in total. The average Bonchev–Trinajstić information content (AvgIpc) is 2.45. The summed E-state index contributed by atoms with van der Waals surface area (Å²) in [4.78, 5) is 28.0. The van der Waals surface area contributed by atoms with Gasteiger partial charge in [-0.15, -0.1) is 0 Å². The highest BCUT2D eigenvalue weighted by atomic mass is 33.1. The Kier molecular flexibility index (Phi) is 8.01. The summed E-state index contributed by atoms with van der Waals surface area (Å²) < 4.78 is 43.9. The molecule has 0 aromatic heterocycles. The molecule has 0 radical (unpaired) electrons. The highest BCUT2D eigenvalue weighted by Gasteiger charge is 2.30. The maximum atomic E-state index is 12.7. The molecule has 0 saturated heterocycles. The van der Waals surface area contributed by atoms with Crippen molar-refractivity contribution >= 4 is 58.4 Å². The fraction of sp³-hybridized carbons (Fsp3) is 0.867. The van der Waals surface area contributed by atoms with Crippen molar-refractivity contribution in [3.63, 3.8) is 0 Å². The van der Waals surface area contributed by atoms with E-state index in [2.05, 4.69) is 4.98 Å². The van der Waals surface area contributed by atoms with Crippen LogP contribution in [0.25, 0.3) is 0 Å². The maximum Gasteiger partial charge on any atom is 0.310 e. The number of nitrogens with one attached hydrogen (secondary N) is 1. The number of hydrogen-bond acceptors (Lipinski definition) is 8. The van der Waals surface area contributed by atoms with Gasteiger partial charge in [0.15, 0.2) is 0 Å². The average molecular weight is 461 g/mol. The summed E-state index contributed by atoms with van der Waals surface area (Å²) in [6, 6.07) is -2.87. The molecule has 26 heavy (non-hydrogen) atoms. The van der Waals surface area contributed by atoms with Crippen molar-refractivity contribution < 1.29 is 23.9 Å². The van der Waals surface area contributed by atoms with Gasteiger partial charge in [-0.25, -0.2) is 0 Å². The number of rotatable bonds is 11. The molecule has 0 heterocycles. The summed E-state index contributed by atoms with van der Waals surface area (Å²) in [5, 5.41) is 0. The van der Waals surface area contributed by atoms with Crippen LogP contribution in [0.5, 0.6) is 0 Å². The van der Waals surface area contributed by atoms with E-state index in [1.165, 1.54) is 0 Å². The quantitative estimate of drug-likeness (QED) is 0.359. The van der Waals surface area contributed by atoms with E-state index in [1.54, 1.807) is 19.6 Å². The van der Waals surface area contributed by atoms with Gasteiger partial charge in [-0.3, -0.25) is 9.59 Å². The van der Waals surface area contributed by atoms with Crippen LogP contribution in [0.1, 0.15) is 5.48 Å². The van der Waals surface area contributed by atoms with E-state index in [-0.39, 0.29) is 0 Å². The molecule has 0 spiro atoms. The lowest BCUT2D eigenvalue weighted by atomic mass is 10.4. The zero-order valence-electron chi connectivity index (χ0n) is 21.2. The summed E-state index contributed by atoms with van der Waals surface area (Å²) in [7, 11) is -5.60. The van der Waals surface area contributed by atoms with Crippen LogP contribution in [-0.2, 0) is 18.4 Å². The SMILES string of the molecule is [2H]C([2H])(SSC([2H])([2H])C(N[Si](C)(C)C)C(=O)O[Si](C)(C)C)C(N)C(=O)O[Si](C)(C)C. The fourth-order valence-electron chi connectivity index (χ4n) is 1.49. The van der Waals surface area contributed by atoms with Gasteiger partial charge >= 0.3 is 11.9 Å². The first-order valence-electron chi connectivity index (χ1n) is 10.3. The molecule has 0 aliphatic carbocycles. The third-order valence-corrected chi connectivity index (χ3v) is 6.64. The Hall–Kier alpha value is 0.211. The Morgan fingerprint density at radius 1 is 0.923 bits per heavy atom. The minimum absolute atomic E-state index is 0.481. The van der Waals surface area contributed by atoms with Gasteiger partial charge in [-0.05, 0) is 39.3 Å². The van der Waals surface area contributed by atoms with E-state index in [0.717, 1.165) is 0 Å². The molecule has 0 saturated carbocycles. The Balaban J connectivity index is 5.48. The summed E-state index contributed by atoms with van der Waals surface area (Å²) >= 11 is 0. The molecule has 0 amide bonds.